The van der Waals surface area contributed by atoms with Crippen molar-refractivity contribution in [3.63, 3.8) is 0 Å². The Morgan fingerprint density at radius 1 is 1.17 bits per heavy atom. The third-order valence-electron chi connectivity index (χ3n) is 6.03. The topological polar surface area (TPSA) is 60.8 Å². The molecule has 0 amide bonds. The zero-order valence-electron chi connectivity index (χ0n) is 17.7. The van der Waals surface area contributed by atoms with Crippen molar-refractivity contribution in [2.75, 3.05) is 20.2 Å². The molecule has 2 atom stereocenters. The van der Waals surface area contributed by atoms with Gasteiger partial charge in [-0.25, -0.2) is 9.36 Å². The maximum absolute atomic E-state index is 13.2. The number of carbonyl (C=O) groups excluding carboxylic acids is 2. The zero-order valence-corrected chi connectivity index (χ0v) is 17.7. The number of ether oxygens (including phenoxy) is 2. The van der Waals surface area contributed by atoms with E-state index in [-0.39, 0.29) is 18.1 Å². The Morgan fingerprint density at radius 3 is 2.66 bits per heavy atom. The Morgan fingerprint density at radius 2 is 1.93 bits per heavy atom. The standard InChI is InChI=1S/C23H30N2O4/c1-23(2,3)29-22(27)25-18-8-6-5-7-16(18)17-11-12-24-14-15(13-20(26)28-4)9-10-19(24)21(17)25/h5-8,15,19H,9-14H2,1-4H3/t15-,19+/m0/s1. The average molecular weight is 399 g/mol. The molecule has 1 saturated heterocycles. The molecule has 0 radical (unpaired) electrons. The summed E-state index contributed by atoms with van der Waals surface area (Å²) >= 11 is 0. The van der Waals surface area contributed by atoms with Crippen LogP contribution in [0.25, 0.3) is 10.9 Å². The molecule has 1 aromatic heterocycles. The number of para-hydroxylation sites is 1. The first kappa shape index (κ1) is 20.0. The Balaban J connectivity index is 1.72. The molecule has 2 aliphatic rings. The van der Waals surface area contributed by atoms with Crippen molar-refractivity contribution < 1.29 is 19.1 Å². The largest absolute Gasteiger partial charge is 0.469 e. The van der Waals surface area contributed by atoms with Crippen molar-refractivity contribution in [1.82, 2.24) is 9.47 Å². The fourth-order valence-electron chi connectivity index (χ4n) is 4.87. The number of piperidine rings is 1. The van der Waals surface area contributed by atoms with Crippen molar-refractivity contribution >= 4 is 23.0 Å². The van der Waals surface area contributed by atoms with E-state index in [0.717, 1.165) is 48.9 Å². The van der Waals surface area contributed by atoms with E-state index < -0.39 is 5.60 Å². The van der Waals surface area contributed by atoms with Crippen LogP contribution in [0.5, 0.6) is 0 Å². The summed E-state index contributed by atoms with van der Waals surface area (Å²) in [7, 11) is 1.44. The molecular weight excluding hydrogens is 368 g/mol. The molecule has 2 aromatic rings. The smallest absolute Gasteiger partial charge is 0.419 e. The maximum Gasteiger partial charge on any atom is 0.419 e. The minimum atomic E-state index is -0.554. The molecule has 1 aromatic carbocycles. The lowest BCUT2D eigenvalue weighted by atomic mass is 9.85. The third kappa shape index (κ3) is 3.78. The van der Waals surface area contributed by atoms with Crippen LogP contribution in [0.1, 0.15) is 57.3 Å². The molecule has 29 heavy (non-hydrogen) atoms. The second kappa shape index (κ2) is 7.48. The number of aromatic nitrogens is 1. The van der Waals surface area contributed by atoms with Crippen LogP contribution in [-0.2, 0) is 20.7 Å². The Bertz CT molecular complexity index is 940. The van der Waals surface area contributed by atoms with Crippen molar-refractivity contribution in [2.45, 2.75) is 58.1 Å². The highest BCUT2D eigenvalue weighted by atomic mass is 16.6. The Labute approximate surface area is 171 Å². The van der Waals surface area contributed by atoms with E-state index in [1.165, 1.54) is 12.7 Å². The fraction of sp³-hybridized carbons (Fsp3) is 0.565. The Kier molecular flexibility index (Phi) is 5.15. The number of methoxy groups -OCH3 is 1. The minimum absolute atomic E-state index is 0.144. The molecule has 0 saturated carbocycles. The molecule has 4 rings (SSSR count). The molecule has 0 spiro atoms. The van der Waals surface area contributed by atoms with Gasteiger partial charge in [-0.1, -0.05) is 18.2 Å². The van der Waals surface area contributed by atoms with Crippen LogP contribution in [0.3, 0.4) is 0 Å². The van der Waals surface area contributed by atoms with Gasteiger partial charge in [0.15, 0.2) is 0 Å². The van der Waals surface area contributed by atoms with Gasteiger partial charge in [0, 0.05) is 24.9 Å². The third-order valence-corrected chi connectivity index (χ3v) is 6.03. The summed E-state index contributed by atoms with van der Waals surface area (Å²) in [5, 5.41) is 1.14. The lowest BCUT2D eigenvalue weighted by Crippen LogP contribution is -2.44. The van der Waals surface area contributed by atoms with Crippen molar-refractivity contribution in [1.29, 1.82) is 0 Å². The Hall–Kier alpha value is -2.34. The molecule has 0 unspecified atom stereocenters. The van der Waals surface area contributed by atoms with Gasteiger partial charge >= 0.3 is 12.1 Å². The number of carbonyl (C=O) groups is 2. The molecule has 2 aliphatic heterocycles. The van der Waals surface area contributed by atoms with Crippen LogP contribution < -0.4 is 0 Å². The SMILES string of the molecule is COC(=O)C[C@@H]1CC[C@@H]2c3c(c4ccccc4n3C(=O)OC(C)(C)C)CCN2C1. The maximum atomic E-state index is 13.2. The summed E-state index contributed by atoms with van der Waals surface area (Å²) < 4.78 is 12.4. The quantitative estimate of drug-likeness (QED) is 0.706. The summed E-state index contributed by atoms with van der Waals surface area (Å²) in [6, 6.07) is 8.28. The van der Waals surface area contributed by atoms with Crippen molar-refractivity contribution in [3.8, 4) is 0 Å². The highest BCUT2D eigenvalue weighted by Crippen LogP contribution is 2.43. The molecule has 6 heteroatoms. The lowest BCUT2D eigenvalue weighted by molar-refractivity contribution is -0.142. The molecule has 0 bridgehead atoms. The highest BCUT2D eigenvalue weighted by molar-refractivity contribution is 5.94. The lowest BCUT2D eigenvalue weighted by Gasteiger charge is -2.43. The summed E-state index contributed by atoms with van der Waals surface area (Å²) in [6.45, 7) is 7.49. The van der Waals surface area contributed by atoms with E-state index in [1.807, 2.05) is 39.0 Å². The predicted molar refractivity (Wildman–Crippen MR) is 111 cm³/mol. The van der Waals surface area contributed by atoms with Gasteiger partial charge in [-0.2, -0.15) is 0 Å². The van der Waals surface area contributed by atoms with Gasteiger partial charge in [0.1, 0.15) is 5.60 Å². The summed E-state index contributed by atoms with van der Waals surface area (Å²) in [4.78, 5) is 27.3. The van der Waals surface area contributed by atoms with Gasteiger partial charge < -0.3 is 9.47 Å². The van der Waals surface area contributed by atoms with Gasteiger partial charge in [-0.3, -0.25) is 9.69 Å². The van der Waals surface area contributed by atoms with Crippen molar-refractivity contribution in [2.24, 2.45) is 5.92 Å². The van der Waals surface area contributed by atoms with E-state index in [4.69, 9.17) is 9.47 Å². The number of hydrogen-bond acceptors (Lipinski definition) is 5. The number of esters is 1. The first-order valence-electron chi connectivity index (χ1n) is 10.4. The van der Waals surface area contributed by atoms with E-state index >= 15 is 0 Å². The van der Waals surface area contributed by atoms with Gasteiger partial charge in [0.25, 0.3) is 0 Å². The number of nitrogens with zero attached hydrogens (tertiary/aromatic N) is 2. The van der Waals surface area contributed by atoms with Crippen LogP contribution in [0.4, 0.5) is 4.79 Å². The van der Waals surface area contributed by atoms with Crippen LogP contribution in [0, 0.1) is 5.92 Å². The van der Waals surface area contributed by atoms with E-state index in [0.29, 0.717) is 12.3 Å². The predicted octanol–water partition coefficient (Wildman–Crippen LogP) is 4.30. The summed E-state index contributed by atoms with van der Waals surface area (Å²) in [5.41, 5.74) is 2.70. The van der Waals surface area contributed by atoms with Gasteiger partial charge in [-0.05, 0) is 57.6 Å². The van der Waals surface area contributed by atoms with Crippen LogP contribution in [0.2, 0.25) is 0 Å². The van der Waals surface area contributed by atoms with Crippen LogP contribution in [-0.4, -0.2) is 47.3 Å². The van der Waals surface area contributed by atoms with E-state index in [2.05, 4.69) is 11.0 Å². The zero-order chi connectivity index (χ0) is 20.8. The van der Waals surface area contributed by atoms with Gasteiger partial charge in [-0.15, -0.1) is 0 Å². The molecule has 156 valence electrons. The van der Waals surface area contributed by atoms with E-state index in [9.17, 15) is 9.59 Å². The molecule has 6 nitrogen and oxygen atoms in total. The number of hydrogen-bond donors (Lipinski definition) is 0. The highest BCUT2D eigenvalue weighted by Gasteiger charge is 2.39. The molecule has 0 N–H and O–H groups in total. The van der Waals surface area contributed by atoms with Crippen LogP contribution in [0.15, 0.2) is 24.3 Å². The average Bonchev–Trinajstić information content (AvgIpc) is 3.01. The van der Waals surface area contributed by atoms with Gasteiger partial charge in [0.2, 0.25) is 0 Å². The number of rotatable bonds is 2. The molecule has 0 aliphatic carbocycles. The second-order valence-electron chi connectivity index (χ2n) is 9.18. The monoisotopic (exact) mass is 398 g/mol. The summed E-state index contributed by atoms with van der Waals surface area (Å²) in [5.74, 6) is 0.161. The minimum Gasteiger partial charge on any atom is -0.469 e. The molecule has 3 heterocycles. The normalized spacial score (nSPS) is 22.1. The van der Waals surface area contributed by atoms with Crippen molar-refractivity contribution in [3.05, 3.63) is 35.5 Å². The number of fused-ring (bicyclic) bond motifs is 5. The molecular formula is C23H30N2O4. The fourth-order valence-corrected chi connectivity index (χ4v) is 4.87. The molecule has 1 fully saturated rings. The first-order valence-corrected chi connectivity index (χ1v) is 10.4. The number of benzene rings is 1. The van der Waals surface area contributed by atoms with Gasteiger partial charge in [0.05, 0.1) is 24.4 Å². The van der Waals surface area contributed by atoms with E-state index in [1.54, 1.807) is 4.57 Å². The first-order chi connectivity index (χ1) is 13.8. The summed E-state index contributed by atoms with van der Waals surface area (Å²) in [6.07, 6.45) is 2.92. The van der Waals surface area contributed by atoms with Crippen LogP contribution >= 0.6 is 0 Å². The second-order valence-corrected chi connectivity index (χ2v) is 9.18.